The quantitative estimate of drug-likeness (QED) is 0.631. The van der Waals surface area contributed by atoms with E-state index in [0.717, 1.165) is 0 Å². The van der Waals surface area contributed by atoms with Gasteiger partial charge in [0.2, 0.25) is 0 Å². The van der Waals surface area contributed by atoms with Crippen LogP contribution in [0, 0.1) is 11.3 Å². The van der Waals surface area contributed by atoms with E-state index in [0.29, 0.717) is 12.3 Å². The van der Waals surface area contributed by atoms with Crippen LogP contribution in [0.3, 0.4) is 0 Å². The van der Waals surface area contributed by atoms with Gasteiger partial charge in [-0.05, 0) is 12.3 Å². The summed E-state index contributed by atoms with van der Waals surface area (Å²) in [7, 11) is -3.36. The Morgan fingerprint density at radius 1 is 1.40 bits per heavy atom. The van der Waals surface area contributed by atoms with Crippen molar-refractivity contribution in [2.45, 2.75) is 50.8 Å². The third kappa shape index (κ3) is 0.971. The van der Waals surface area contributed by atoms with Gasteiger partial charge >= 0.3 is 0 Å². The lowest BCUT2D eigenvalue weighted by atomic mass is 9.66. The van der Waals surface area contributed by atoms with Crippen molar-refractivity contribution in [2.24, 2.45) is 11.3 Å². The lowest BCUT2D eigenvalue weighted by molar-refractivity contribution is 0.0256. The lowest BCUT2D eigenvalue weighted by Gasteiger charge is -2.37. The molecule has 0 aromatic heterocycles. The van der Waals surface area contributed by atoms with Crippen molar-refractivity contribution in [1.82, 2.24) is 0 Å². The molecule has 0 amide bonds. The average Bonchev–Trinajstić information content (AvgIpc) is 2.69. The van der Waals surface area contributed by atoms with Gasteiger partial charge < -0.3 is 4.74 Å². The Bertz CT molecular complexity index is 402. The monoisotopic (exact) mass is 232 g/mol. The van der Waals surface area contributed by atoms with Gasteiger partial charge in [-0.25, -0.2) is 0 Å². The van der Waals surface area contributed by atoms with Crippen LogP contribution < -0.4 is 0 Å². The molecule has 3 fully saturated rings. The molecule has 3 saturated heterocycles. The van der Waals surface area contributed by atoms with Crippen LogP contribution in [-0.2, 0) is 19.0 Å². The molecule has 5 unspecified atom stereocenters. The first-order chi connectivity index (χ1) is 6.87. The van der Waals surface area contributed by atoms with E-state index in [2.05, 4.69) is 20.8 Å². The Morgan fingerprint density at radius 2 is 2.07 bits per heavy atom. The van der Waals surface area contributed by atoms with Gasteiger partial charge in [-0.15, -0.1) is 0 Å². The highest BCUT2D eigenvalue weighted by Crippen LogP contribution is 2.58. The van der Waals surface area contributed by atoms with Gasteiger partial charge in [0.15, 0.2) is 0 Å². The minimum absolute atomic E-state index is 0.0507. The topological polar surface area (TPSA) is 52.6 Å². The molecule has 0 spiro atoms. The van der Waals surface area contributed by atoms with E-state index in [4.69, 9.17) is 8.92 Å². The minimum Gasteiger partial charge on any atom is -0.370 e. The van der Waals surface area contributed by atoms with Crippen molar-refractivity contribution in [2.75, 3.05) is 0 Å². The Hall–Kier alpha value is -0.130. The summed E-state index contributed by atoms with van der Waals surface area (Å²) in [5, 5.41) is -0.403. The Kier molecular flexibility index (Phi) is 1.73. The molecule has 4 nitrogen and oxygen atoms in total. The SMILES string of the molecule is CC(C)C1(C)C2CC3C(O2)C1OS3(=O)=O. The van der Waals surface area contributed by atoms with Crippen LogP contribution >= 0.6 is 0 Å². The zero-order chi connectivity index (χ0) is 11.0. The second kappa shape index (κ2) is 2.57. The summed E-state index contributed by atoms with van der Waals surface area (Å²) in [6, 6.07) is 0. The lowest BCUT2D eigenvalue weighted by Crippen LogP contribution is -2.46. The normalized spacial score (nSPS) is 55.5. The molecule has 0 N–H and O–H groups in total. The molecular formula is C10H16O4S. The smallest absolute Gasteiger partial charge is 0.273 e. The van der Waals surface area contributed by atoms with Gasteiger partial charge in [0, 0.05) is 5.41 Å². The molecule has 2 bridgehead atoms. The maximum absolute atomic E-state index is 11.7. The van der Waals surface area contributed by atoms with Crippen LogP contribution in [-0.4, -0.2) is 32.0 Å². The molecule has 0 aromatic carbocycles. The van der Waals surface area contributed by atoms with Crippen LogP contribution in [0.25, 0.3) is 0 Å². The third-order valence-electron chi connectivity index (χ3n) is 4.59. The fourth-order valence-corrected chi connectivity index (χ4v) is 4.93. The fraction of sp³-hybridized carbons (Fsp3) is 1.00. The van der Waals surface area contributed by atoms with Crippen molar-refractivity contribution in [3.63, 3.8) is 0 Å². The molecule has 3 aliphatic heterocycles. The van der Waals surface area contributed by atoms with Crippen molar-refractivity contribution in [1.29, 1.82) is 0 Å². The summed E-state index contributed by atoms with van der Waals surface area (Å²) >= 11 is 0. The van der Waals surface area contributed by atoms with Gasteiger partial charge in [0.25, 0.3) is 10.1 Å². The predicted octanol–water partition coefficient (Wildman–Crippen LogP) is 0.917. The highest BCUT2D eigenvalue weighted by molar-refractivity contribution is 7.87. The minimum atomic E-state index is -3.36. The van der Waals surface area contributed by atoms with E-state index in [-0.39, 0.29) is 23.7 Å². The zero-order valence-corrected chi connectivity index (χ0v) is 9.95. The number of rotatable bonds is 1. The number of hydrogen-bond acceptors (Lipinski definition) is 4. The van der Waals surface area contributed by atoms with Crippen molar-refractivity contribution < 1.29 is 17.3 Å². The zero-order valence-electron chi connectivity index (χ0n) is 9.14. The maximum Gasteiger partial charge on any atom is 0.273 e. The predicted molar refractivity (Wildman–Crippen MR) is 53.8 cm³/mol. The Morgan fingerprint density at radius 3 is 2.67 bits per heavy atom. The van der Waals surface area contributed by atoms with Crippen molar-refractivity contribution >= 4 is 10.1 Å². The largest absolute Gasteiger partial charge is 0.370 e. The molecular weight excluding hydrogens is 216 g/mol. The summed E-state index contributed by atoms with van der Waals surface area (Å²) in [4.78, 5) is 0. The van der Waals surface area contributed by atoms with E-state index in [1.165, 1.54) is 0 Å². The molecule has 0 aliphatic carbocycles. The van der Waals surface area contributed by atoms with Gasteiger partial charge in [-0.1, -0.05) is 20.8 Å². The summed E-state index contributed by atoms with van der Waals surface area (Å²) in [6.07, 6.45) is 0.187. The number of fused-ring (bicyclic) bond motifs is 1. The molecule has 0 saturated carbocycles. The second-order valence-electron chi connectivity index (χ2n) is 5.39. The first-order valence-corrected chi connectivity index (χ1v) is 6.92. The molecule has 15 heavy (non-hydrogen) atoms. The molecule has 0 aromatic rings. The Labute approximate surface area is 90.1 Å². The highest BCUT2D eigenvalue weighted by atomic mass is 32.2. The van der Waals surface area contributed by atoms with Crippen LogP contribution in [0.4, 0.5) is 0 Å². The average molecular weight is 232 g/mol. The van der Waals surface area contributed by atoms with Gasteiger partial charge in [0.1, 0.15) is 17.5 Å². The first kappa shape index (κ1) is 10.1. The van der Waals surface area contributed by atoms with E-state index < -0.39 is 15.4 Å². The summed E-state index contributed by atoms with van der Waals surface area (Å²) < 4.78 is 34.4. The van der Waals surface area contributed by atoms with Crippen LogP contribution in [0.5, 0.6) is 0 Å². The Balaban J connectivity index is 2.08. The van der Waals surface area contributed by atoms with Crippen LogP contribution in [0.1, 0.15) is 27.2 Å². The number of ether oxygens (including phenoxy) is 1. The first-order valence-electron chi connectivity index (χ1n) is 5.45. The van der Waals surface area contributed by atoms with Gasteiger partial charge in [-0.3, -0.25) is 4.18 Å². The summed E-state index contributed by atoms with van der Waals surface area (Å²) in [6.45, 7) is 6.30. The van der Waals surface area contributed by atoms with Crippen molar-refractivity contribution in [3.05, 3.63) is 0 Å². The maximum atomic E-state index is 11.7. The molecule has 5 heteroatoms. The molecule has 3 aliphatic rings. The molecule has 86 valence electrons. The summed E-state index contributed by atoms with van der Waals surface area (Å²) in [5.74, 6) is 0.367. The van der Waals surface area contributed by atoms with E-state index in [1.807, 2.05) is 0 Å². The van der Waals surface area contributed by atoms with Gasteiger partial charge in [-0.2, -0.15) is 8.42 Å². The van der Waals surface area contributed by atoms with Gasteiger partial charge in [0.05, 0.1) is 6.10 Å². The molecule has 5 atom stereocenters. The van der Waals surface area contributed by atoms with Crippen LogP contribution in [0.2, 0.25) is 0 Å². The number of hydrogen-bond donors (Lipinski definition) is 0. The summed E-state index contributed by atoms with van der Waals surface area (Å²) in [5.41, 5.74) is -0.148. The molecule has 3 rings (SSSR count). The van der Waals surface area contributed by atoms with E-state index in [1.54, 1.807) is 0 Å². The standard InChI is InChI=1S/C10H16O4S/c1-5(2)10(3)7-4-6-8(13-7)9(10)14-15(6,11)12/h5-9H,4H2,1-3H3. The molecule has 3 heterocycles. The van der Waals surface area contributed by atoms with Crippen LogP contribution in [0.15, 0.2) is 0 Å². The van der Waals surface area contributed by atoms with E-state index in [9.17, 15) is 8.42 Å². The third-order valence-corrected chi connectivity index (χ3v) is 6.27. The highest BCUT2D eigenvalue weighted by Gasteiger charge is 2.70. The van der Waals surface area contributed by atoms with Crippen molar-refractivity contribution in [3.8, 4) is 0 Å². The fourth-order valence-electron chi connectivity index (χ4n) is 3.24. The van der Waals surface area contributed by atoms with E-state index >= 15 is 0 Å². The molecule has 0 radical (unpaired) electrons. The second-order valence-corrected chi connectivity index (χ2v) is 7.18.